The second kappa shape index (κ2) is 7.89. The van der Waals surface area contributed by atoms with Crippen LogP contribution >= 0.6 is 11.6 Å². The van der Waals surface area contributed by atoms with E-state index in [4.69, 9.17) is 22.1 Å². The van der Waals surface area contributed by atoms with Gasteiger partial charge in [-0.25, -0.2) is 0 Å². The Morgan fingerprint density at radius 1 is 1.12 bits per heavy atom. The molecule has 0 spiro atoms. The molecule has 5 heteroatoms. The van der Waals surface area contributed by atoms with Gasteiger partial charge < -0.3 is 15.8 Å². The number of carbonyl (C=O) groups excluding carboxylic acids is 1. The van der Waals surface area contributed by atoms with Crippen molar-refractivity contribution in [3.63, 3.8) is 0 Å². The van der Waals surface area contributed by atoms with Gasteiger partial charge in [-0.15, -0.1) is 0 Å². The number of carbonyl (C=O) groups is 1. The van der Waals surface area contributed by atoms with Crippen molar-refractivity contribution in [2.45, 2.75) is 24.7 Å². The first-order chi connectivity index (χ1) is 12.1. The lowest BCUT2D eigenvalue weighted by Crippen LogP contribution is -2.48. The van der Waals surface area contributed by atoms with Gasteiger partial charge >= 0.3 is 0 Å². The normalized spacial score (nSPS) is 16.4. The maximum Gasteiger partial charge on any atom is 0.230 e. The molecule has 0 aliphatic carbocycles. The van der Waals surface area contributed by atoms with Crippen LogP contribution in [0.1, 0.15) is 24.0 Å². The van der Waals surface area contributed by atoms with E-state index in [1.807, 2.05) is 48.5 Å². The molecular weight excluding hydrogens is 336 g/mol. The summed E-state index contributed by atoms with van der Waals surface area (Å²) < 4.78 is 5.49. The van der Waals surface area contributed by atoms with Crippen molar-refractivity contribution in [2.75, 3.05) is 25.5 Å². The van der Waals surface area contributed by atoms with Crippen LogP contribution in [0, 0.1) is 0 Å². The first-order valence-electron chi connectivity index (χ1n) is 8.57. The number of hydrogen-bond acceptors (Lipinski definition) is 3. The molecule has 2 aromatic carbocycles. The molecule has 3 N–H and O–H groups in total. The van der Waals surface area contributed by atoms with Crippen molar-refractivity contribution in [3.8, 4) is 0 Å². The average Bonchev–Trinajstić information content (AvgIpc) is 2.64. The van der Waals surface area contributed by atoms with Crippen LogP contribution in [0.5, 0.6) is 0 Å². The molecule has 1 aliphatic rings. The molecule has 1 heterocycles. The third-order valence-electron chi connectivity index (χ3n) is 4.85. The minimum absolute atomic E-state index is 0.0272. The van der Waals surface area contributed by atoms with Gasteiger partial charge in [-0.05, 0) is 48.6 Å². The van der Waals surface area contributed by atoms with E-state index in [1.165, 1.54) is 0 Å². The number of halogens is 1. The van der Waals surface area contributed by atoms with Gasteiger partial charge in [0, 0.05) is 30.5 Å². The van der Waals surface area contributed by atoms with Gasteiger partial charge in [0.2, 0.25) is 5.91 Å². The van der Waals surface area contributed by atoms with Crippen molar-refractivity contribution in [2.24, 2.45) is 0 Å². The highest BCUT2D eigenvalue weighted by Crippen LogP contribution is 2.38. The van der Waals surface area contributed by atoms with Crippen LogP contribution in [0.25, 0.3) is 0 Å². The summed E-state index contributed by atoms with van der Waals surface area (Å²) in [6, 6.07) is 15.3. The number of hydrogen-bond donors (Lipinski definition) is 2. The van der Waals surface area contributed by atoms with Crippen LogP contribution in [-0.4, -0.2) is 25.7 Å². The van der Waals surface area contributed by atoms with E-state index in [-0.39, 0.29) is 5.91 Å². The van der Waals surface area contributed by atoms with Crippen molar-refractivity contribution in [1.82, 2.24) is 5.32 Å². The Bertz CT molecular complexity index is 725. The minimum Gasteiger partial charge on any atom is -0.399 e. The zero-order chi connectivity index (χ0) is 17.7. The number of rotatable bonds is 5. The molecule has 1 amide bonds. The molecule has 0 atom stereocenters. The Kier molecular flexibility index (Phi) is 5.61. The van der Waals surface area contributed by atoms with Crippen molar-refractivity contribution >= 4 is 23.2 Å². The summed E-state index contributed by atoms with van der Waals surface area (Å²) in [5, 5.41) is 3.73. The van der Waals surface area contributed by atoms with Crippen LogP contribution in [0.15, 0.2) is 48.5 Å². The number of benzene rings is 2. The molecule has 1 aliphatic heterocycles. The molecular formula is C20H23ClN2O2. The van der Waals surface area contributed by atoms with E-state index in [9.17, 15) is 4.79 Å². The Hall–Kier alpha value is -2.04. The fourth-order valence-corrected chi connectivity index (χ4v) is 3.68. The van der Waals surface area contributed by atoms with Gasteiger partial charge in [0.05, 0.1) is 5.41 Å². The van der Waals surface area contributed by atoms with E-state index < -0.39 is 5.41 Å². The highest BCUT2D eigenvalue weighted by atomic mass is 35.5. The molecule has 0 unspecified atom stereocenters. The molecule has 2 aromatic rings. The third-order valence-corrected chi connectivity index (χ3v) is 5.18. The van der Waals surface area contributed by atoms with Crippen LogP contribution in [0.2, 0.25) is 5.02 Å². The lowest BCUT2D eigenvalue weighted by molar-refractivity contribution is -0.130. The first-order valence-corrected chi connectivity index (χ1v) is 8.95. The van der Waals surface area contributed by atoms with Gasteiger partial charge in [0.1, 0.15) is 0 Å². The average molecular weight is 359 g/mol. The summed E-state index contributed by atoms with van der Waals surface area (Å²) in [4.78, 5) is 13.1. The van der Waals surface area contributed by atoms with Crippen molar-refractivity contribution < 1.29 is 9.53 Å². The van der Waals surface area contributed by atoms with Gasteiger partial charge in [-0.3, -0.25) is 4.79 Å². The zero-order valence-electron chi connectivity index (χ0n) is 14.1. The lowest BCUT2D eigenvalue weighted by Gasteiger charge is -2.36. The summed E-state index contributed by atoms with van der Waals surface area (Å²) in [6.07, 6.45) is 2.05. The van der Waals surface area contributed by atoms with Gasteiger partial charge in [-0.2, -0.15) is 0 Å². The SMILES string of the molecule is Nc1ccc(CCNC(=O)C2(c3ccccc3Cl)CCOCC2)cc1. The zero-order valence-corrected chi connectivity index (χ0v) is 14.9. The second-order valence-electron chi connectivity index (χ2n) is 6.42. The van der Waals surface area contributed by atoms with E-state index in [2.05, 4.69) is 5.32 Å². The van der Waals surface area contributed by atoms with Crippen LogP contribution < -0.4 is 11.1 Å². The van der Waals surface area contributed by atoms with Crippen molar-refractivity contribution in [3.05, 3.63) is 64.7 Å². The molecule has 0 aromatic heterocycles. The standard InChI is InChI=1S/C20H23ClN2O2/c21-18-4-2-1-3-17(18)20(10-13-25-14-11-20)19(24)23-12-9-15-5-7-16(22)8-6-15/h1-8H,9-14,22H2,(H,23,24). The third kappa shape index (κ3) is 3.97. The highest BCUT2D eigenvalue weighted by Gasteiger charge is 2.42. The van der Waals surface area contributed by atoms with E-state index in [0.717, 1.165) is 23.2 Å². The highest BCUT2D eigenvalue weighted by molar-refractivity contribution is 6.31. The molecule has 0 saturated carbocycles. The smallest absolute Gasteiger partial charge is 0.230 e. The summed E-state index contributed by atoms with van der Waals surface area (Å²) in [6.45, 7) is 1.71. The molecule has 0 bridgehead atoms. The number of nitrogens with two attached hydrogens (primary N) is 1. The summed E-state index contributed by atoms with van der Waals surface area (Å²) >= 11 is 6.40. The number of ether oxygens (including phenoxy) is 1. The molecule has 1 fully saturated rings. The molecule has 132 valence electrons. The van der Waals surface area contributed by atoms with Crippen molar-refractivity contribution in [1.29, 1.82) is 0 Å². The van der Waals surface area contributed by atoms with E-state index >= 15 is 0 Å². The summed E-state index contributed by atoms with van der Waals surface area (Å²) in [7, 11) is 0. The Morgan fingerprint density at radius 3 is 2.48 bits per heavy atom. The fourth-order valence-electron chi connectivity index (χ4n) is 3.36. The van der Waals surface area contributed by atoms with Crippen LogP contribution in [0.3, 0.4) is 0 Å². The molecule has 4 nitrogen and oxygen atoms in total. The number of nitrogen functional groups attached to an aromatic ring is 1. The van der Waals surface area contributed by atoms with Gasteiger partial charge in [0.25, 0.3) is 0 Å². The number of nitrogens with one attached hydrogen (secondary N) is 1. The fraction of sp³-hybridized carbons (Fsp3) is 0.350. The minimum atomic E-state index is -0.613. The second-order valence-corrected chi connectivity index (χ2v) is 6.83. The lowest BCUT2D eigenvalue weighted by atomic mass is 9.73. The molecule has 0 radical (unpaired) electrons. The Balaban J connectivity index is 1.72. The number of anilines is 1. The maximum absolute atomic E-state index is 13.1. The number of amides is 1. The maximum atomic E-state index is 13.1. The summed E-state index contributed by atoms with van der Waals surface area (Å²) in [5.74, 6) is 0.0272. The first kappa shape index (κ1) is 17.8. The molecule has 1 saturated heterocycles. The molecule has 3 rings (SSSR count). The van der Waals surface area contributed by atoms with E-state index in [1.54, 1.807) is 0 Å². The van der Waals surface area contributed by atoms with Crippen LogP contribution in [-0.2, 0) is 21.4 Å². The molecule has 25 heavy (non-hydrogen) atoms. The Morgan fingerprint density at radius 2 is 1.80 bits per heavy atom. The van der Waals surface area contributed by atoms with E-state index in [0.29, 0.717) is 37.6 Å². The topological polar surface area (TPSA) is 64.3 Å². The largest absolute Gasteiger partial charge is 0.399 e. The monoisotopic (exact) mass is 358 g/mol. The van der Waals surface area contributed by atoms with Gasteiger partial charge in [0.15, 0.2) is 0 Å². The predicted molar refractivity (Wildman–Crippen MR) is 101 cm³/mol. The van der Waals surface area contributed by atoms with Crippen LogP contribution in [0.4, 0.5) is 5.69 Å². The van der Waals surface area contributed by atoms with Gasteiger partial charge in [-0.1, -0.05) is 41.9 Å². The summed E-state index contributed by atoms with van der Waals surface area (Å²) in [5.41, 5.74) is 7.87. The Labute approximate surface area is 153 Å². The predicted octanol–water partition coefficient (Wildman–Crippen LogP) is 3.33. The quantitative estimate of drug-likeness (QED) is 0.806.